The van der Waals surface area contributed by atoms with Gasteiger partial charge in [-0.25, -0.2) is 19.7 Å². The lowest BCUT2D eigenvalue weighted by Crippen LogP contribution is -2.48. The van der Waals surface area contributed by atoms with Crippen LogP contribution in [0.1, 0.15) is 24.8 Å². The Labute approximate surface area is 181 Å². The number of anilines is 2. The first-order valence-electron chi connectivity index (χ1n) is 9.64. The summed E-state index contributed by atoms with van der Waals surface area (Å²) in [5.41, 5.74) is 0.935. The van der Waals surface area contributed by atoms with Crippen molar-refractivity contribution in [3.05, 3.63) is 42.6 Å². The number of rotatable bonds is 2. The molecule has 2 saturated heterocycles. The third-order valence-electron chi connectivity index (χ3n) is 5.39. The molecule has 1 amide bonds. The molecule has 2 fully saturated rings. The zero-order valence-electron chi connectivity index (χ0n) is 16.8. The molecule has 0 saturated carbocycles. The van der Waals surface area contributed by atoms with Crippen molar-refractivity contribution in [3.8, 4) is 6.07 Å². The summed E-state index contributed by atoms with van der Waals surface area (Å²) < 4.78 is 31.7. The van der Waals surface area contributed by atoms with E-state index in [9.17, 15) is 18.0 Å². The molecule has 0 aromatic carbocycles. The maximum atomic E-state index is 13.1. The van der Waals surface area contributed by atoms with Crippen molar-refractivity contribution in [2.45, 2.75) is 25.4 Å². The number of amides is 1. The van der Waals surface area contributed by atoms with Crippen molar-refractivity contribution in [1.29, 1.82) is 5.26 Å². The quantitative estimate of drug-likeness (QED) is 0.743. The zero-order chi connectivity index (χ0) is 23.4. The molecule has 2 aromatic heterocycles. The van der Waals surface area contributed by atoms with E-state index in [1.165, 1.54) is 6.33 Å². The van der Waals surface area contributed by atoms with Crippen LogP contribution in [0.2, 0.25) is 0 Å². The van der Waals surface area contributed by atoms with Crippen LogP contribution in [0.25, 0.3) is 0 Å². The monoisotopic (exact) mass is 448 g/mol. The first-order valence-corrected chi connectivity index (χ1v) is 9.64. The van der Waals surface area contributed by atoms with Crippen LogP contribution in [0.4, 0.5) is 24.7 Å². The molecule has 0 bridgehead atoms. The van der Waals surface area contributed by atoms with Gasteiger partial charge in [-0.3, -0.25) is 4.79 Å². The van der Waals surface area contributed by atoms with Crippen molar-refractivity contribution in [1.82, 2.24) is 15.0 Å². The van der Waals surface area contributed by atoms with Gasteiger partial charge in [0.05, 0.1) is 29.1 Å². The van der Waals surface area contributed by atoms with Crippen LogP contribution in [0.3, 0.4) is 0 Å². The summed E-state index contributed by atoms with van der Waals surface area (Å²) in [4.78, 5) is 38.4. The van der Waals surface area contributed by atoms with Gasteiger partial charge >= 0.3 is 12.1 Å². The number of halogens is 3. The average Bonchev–Trinajstić information content (AvgIpc) is 3.09. The Hall–Kier alpha value is -3.75. The molecule has 2 aromatic rings. The number of carbonyl (C=O) groups is 2. The smallest absolute Gasteiger partial charge is 0.475 e. The van der Waals surface area contributed by atoms with E-state index in [0.29, 0.717) is 18.7 Å². The minimum absolute atomic E-state index is 0.153. The highest BCUT2D eigenvalue weighted by Crippen LogP contribution is 2.42. The molecule has 0 aliphatic carbocycles. The number of carbonyl (C=O) groups excluding carboxylic acids is 1. The Bertz CT molecular complexity index is 1010. The van der Waals surface area contributed by atoms with Crippen LogP contribution in [0, 0.1) is 16.7 Å². The number of pyridine rings is 1. The van der Waals surface area contributed by atoms with Crippen LogP contribution in [-0.4, -0.2) is 57.7 Å². The van der Waals surface area contributed by atoms with E-state index in [1.54, 1.807) is 29.6 Å². The van der Waals surface area contributed by atoms with E-state index in [2.05, 4.69) is 25.9 Å². The maximum Gasteiger partial charge on any atom is 0.490 e. The van der Waals surface area contributed by atoms with Gasteiger partial charge in [0.2, 0.25) is 5.91 Å². The summed E-state index contributed by atoms with van der Waals surface area (Å²) in [6, 6.07) is 5.72. The molecule has 1 N–H and O–H groups in total. The standard InChI is InChI=1S/C18H18N6O.C2HF3O2/c19-8-14-2-3-16(22-9-14)23-6-1-4-18(12-23)5-7-24(17(18)25)15-10-20-13-21-11-15;3-2(4,5)1(6)7/h2-3,9-11,13H,1,4-7,12H2;(H,6,7). The molecule has 2 aliphatic rings. The highest BCUT2D eigenvalue weighted by Gasteiger charge is 2.49. The second-order valence-electron chi connectivity index (χ2n) is 7.43. The fraction of sp³-hybridized carbons (Fsp3) is 0.400. The summed E-state index contributed by atoms with van der Waals surface area (Å²) in [7, 11) is 0. The molecule has 1 unspecified atom stereocenters. The second-order valence-corrected chi connectivity index (χ2v) is 7.43. The predicted octanol–water partition coefficient (Wildman–Crippen LogP) is 2.40. The Balaban J connectivity index is 0.000000360. The lowest BCUT2D eigenvalue weighted by atomic mass is 9.78. The number of hydrogen-bond acceptors (Lipinski definition) is 7. The van der Waals surface area contributed by atoms with Crippen molar-refractivity contribution >= 4 is 23.4 Å². The number of alkyl halides is 3. The molecule has 168 valence electrons. The van der Waals surface area contributed by atoms with Crippen LogP contribution >= 0.6 is 0 Å². The normalized spacial score (nSPS) is 20.5. The number of nitrogens with zero attached hydrogens (tertiary/aromatic N) is 6. The van der Waals surface area contributed by atoms with Crippen LogP contribution in [0.5, 0.6) is 0 Å². The van der Waals surface area contributed by atoms with Gasteiger partial charge in [-0.05, 0) is 31.4 Å². The van der Waals surface area contributed by atoms with Gasteiger partial charge in [-0.2, -0.15) is 18.4 Å². The Morgan fingerprint density at radius 1 is 1.16 bits per heavy atom. The van der Waals surface area contributed by atoms with Gasteiger partial charge in [0.15, 0.2) is 0 Å². The summed E-state index contributed by atoms with van der Waals surface area (Å²) in [6.45, 7) is 2.23. The van der Waals surface area contributed by atoms with Gasteiger partial charge in [0, 0.05) is 25.8 Å². The molecule has 9 nitrogen and oxygen atoms in total. The molecule has 1 spiro atoms. The van der Waals surface area contributed by atoms with Gasteiger partial charge in [0.25, 0.3) is 0 Å². The van der Waals surface area contributed by atoms with Gasteiger partial charge in [0.1, 0.15) is 18.2 Å². The molecular weight excluding hydrogens is 429 g/mol. The maximum absolute atomic E-state index is 13.1. The SMILES string of the molecule is N#Cc1ccc(N2CCCC3(CCN(c4cncnc4)C3=O)C2)nc1.O=C(O)C(F)(F)F. The third-order valence-corrected chi connectivity index (χ3v) is 5.39. The molecular formula is C20H19F3N6O3. The summed E-state index contributed by atoms with van der Waals surface area (Å²) in [6.07, 6.45) is 4.02. The molecule has 2 aliphatic heterocycles. The lowest BCUT2D eigenvalue weighted by molar-refractivity contribution is -0.192. The number of aromatic nitrogens is 3. The largest absolute Gasteiger partial charge is 0.490 e. The van der Waals surface area contributed by atoms with Crippen molar-refractivity contribution in [3.63, 3.8) is 0 Å². The molecule has 32 heavy (non-hydrogen) atoms. The fourth-order valence-corrected chi connectivity index (χ4v) is 3.84. The summed E-state index contributed by atoms with van der Waals surface area (Å²) in [5, 5.41) is 16.0. The first-order chi connectivity index (χ1) is 15.2. The van der Waals surface area contributed by atoms with E-state index < -0.39 is 12.1 Å². The predicted molar refractivity (Wildman–Crippen MR) is 106 cm³/mol. The average molecular weight is 448 g/mol. The first kappa shape index (κ1) is 22.9. The molecule has 12 heteroatoms. The van der Waals surface area contributed by atoms with Crippen molar-refractivity contribution in [2.75, 3.05) is 29.4 Å². The van der Waals surface area contributed by atoms with E-state index in [1.807, 2.05) is 6.07 Å². The molecule has 4 heterocycles. The van der Waals surface area contributed by atoms with Crippen LogP contribution < -0.4 is 9.80 Å². The minimum atomic E-state index is -5.08. The number of hydrogen-bond donors (Lipinski definition) is 1. The highest BCUT2D eigenvalue weighted by atomic mass is 19.4. The third kappa shape index (κ3) is 4.93. The Kier molecular flexibility index (Phi) is 6.57. The van der Waals surface area contributed by atoms with Gasteiger partial charge in [-0.15, -0.1) is 0 Å². The topological polar surface area (TPSA) is 123 Å². The number of nitriles is 1. The van der Waals surface area contributed by atoms with Crippen molar-refractivity contribution < 1.29 is 27.9 Å². The zero-order valence-corrected chi connectivity index (χ0v) is 16.8. The highest BCUT2D eigenvalue weighted by molar-refractivity contribution is 6.00. The van der Waals surface area contributed by atoms with Crippen LogP contribution in [-0.2, 0) is 9.59 Å². The molecule has 0 radical (unpaired) electrons. The number of carboxylic acid groups (broad SMARTS) is 1. The Morgan fingerprint density at radius 2 is 1.84 bits per heavy atom. The van der Waals surface area contributed by atoms with E-state index in [4.69, 9.17) is 15.2 Å². The van der Waals surface area contributed by atoms with E-state index >= 15 is 0 Å². The number of piperidine rings is 1. The number of carboxylic acids is 1. The summed E-state index contributed by atoms with van der Waals surface area (Å²) in [5.74, 6) is -1.78. The molecule has 4 rings (SSSR count). The Morgan fingerprint density at radius 3 is 2.41 bits per heavy atom. The fourth-order valence-electron chi connectivity index (χ4n) is 3.84. The second kappa shape index (κ2) is 9.17. The molecule has 1 atom stereocenters. The minimum Gasteiger partial charge on any atom is -0.475 e. The van der Waals surface area contributed by atoms with E-state index in [-0.39, 0.29) is 11.3 Å². The summed E-state index contributed by atoms with van der Waals surface area (Å²) >= 11 is 0. The lowest BCUT2D eigenvalue weighted by Gasteiger charge is -2.39. The van der Waals surface area contributed by atoms with Crippen molar-refractivity contribution in [2.24, 2.45) is 5.41 Å². The number of aliphatic carboxylic acids is 1. The van der Waals surface area contributed by atoms with Gasteiger partial charge in [-0.1, -0.05) is 0 Å². The van der Waals surface area contributed by atoms with E-state index in [0.717, 1.165) is 37.3 Å². The van der Waals surface area contributed by atoms with Crippen LogP contribution in [0.15, 0.2) is 37.1 Å². The van der Waals surface area contributed by atoms with Gasteiger partial charge < -0.3 is 14.9 Å².